The minimum Gasteiger partial charge on any atom is -0.444 e. The van der Waals surface area contributed by atoms with Gasteiger partial charge in [0.15, 0.2) is 0 Å². The summed E-state index contributed by atoms with van der Waals surface area (Å²) in [6, 6.07) is 22.5. The van der Waals surface area contributed by atoms with Crippen LogP contribution in [0.2, 0.25) is 0 Å². The van der Waals surface area contributed by atoms with Crippen LogP contribution in [0.25, 0.3) is 0 Å². The molecular formula is C36H56N4O4S2. The van der Waals surface area contributed by atoms with E-state index in [2.05, 4.69) is 81.1 Å². The molecule has 0 saturated carbocycles. The number of carbonyl (C=O) groups is 2. The number of amides is 2. The largest absolute Gasteiger partial charge is 0.444 e. The second-order valence-electron chi connectivity index (χ2n) is 13.8. The van der Waals surface area contributed by atoms with Crippen molar-refractivity contribution in [3.8, 4) is 0 Å². The summed E-state index contributed by atoms with van der Waals surface area (Å²) in [4.78, 5) is 29.4. The van der Waals surface area contributed by atoms with E-state index in [0.717, 1.165) is 62.0 Å². The summed E-state index contributed by atoms with van der Waals surface area (Å²) < 4.78 is 10.7. The Morgan fingerprint density at radius 2 is 1.02 bits per heavy atom. The van der Waals surface area contributed by atoms with Gasteiger partial charge < -0.3 is 20.1 Å². The molecule has 0 aliphatic carbocycles. The van der Waals surface area contributed by atoms with Crippen molar-refractivity contribution in [2.45, 2.75) is 77.7 Å². The average Bonchev–Trinajstić information content (AvgIpc) is 2.97. The number of piperazine rings is 1. The summed E-state index contributed by atoms with van der Waals surface area (Å²) in [6.07, 6.45) is 1.34. The molecule has 1 aliphatic rings. The zero-order valence-corrected chi connectivity index (χ0v) is 30.4. The number of benzene rings is 2. The number of ether oxygens (including phenoxy) is 2. The van der Waals surface area contributed by atoms with E-state index < -0.39 is 11.2 Å². The van der Waals surface area contributed by atoms with Crippen LogP contribution in [-0.2, 0) is 22.3 Å². The van der Waals surface area contributed by atoms with Crippen LogP contribution in [0, 0.1) is 0 Å². The normalized spacial score (nSPS) is 17.8. The van der Waals surface area contributed by atoms with Gasteiger partial charge in [-0.3, -0.25) is 9.80 Å². The molecule has 256 valence electrons. The SMILES string of the molecule is CC(C)(C)OC(=O)NCCSCCN1CC(Cc2ccccc2)N(CCSCCNC(=O)OC(C)(C)C)CC1Cc1ccccc1. The highest BCUT2D eigenvalue weighted by atomic mass is 32.2. The number of hydrogen-bond donors (Lipinski definition) is 2. The Labute approximate surface area is 286 Å². The molecule has 0 aromatic heterocycles. The molecule has 8 nitrogen and oxygen atoms in total. The maximum atomic E-state index is 12.0. The molecule has 1 heterocycles. The van der Waals surface area contributed by atoms with Crippen LogP contribution in [0.4, 0.5) is 9.59 Å². The minimum absolute atomic E-state index is 0.353. The zero-order valence-electron chi connectivity index (χ0n) is 28.8. The van der Waals surface area contributed by atoms with Gasteiger partial charge in [-0.2, -0.15) is 23.5 Å². The second-order valence-corrected chi connectivity index (χ2v) is 16.2. The monoisotopic (exact) mass is 672 g/mol. The first-order chi connectivity index (χ1) is 21.9. The van der Waals surface area contributed by atoms with E-state index >= 15 is 0 Å². The molecule has 46 heavy (non-hydrogen) atoms. The van der Waals surface area contributed by atoms with E-state index in [1.54, 1.807) is 0 Å². The van der Waals surface area contributed by atoms with E-state index in [4.69, 9.17) is 9.47 Å². The minimum atomic E-state index is -0.485. The van der Waals surface area contributed by atoms with Crippen molar-refractivity contribution in [2.24, 2.45) is 0 Å². The quantitative estimate of drug-likeness (QED) is 0.200. The van der Waals surface area contributed by atoms with Gasteiger partial charge in [-0.15, -0.1) is 0 Å². The predicted octanol–water partition coefficient (Wildman–Crippen LogP) is 6.34. The third-order valence-electron chi connectivity index (χ3n) is 7.43. The zero-order chi connectivity index (χ0) is 33.4. The molecule has 10 heteroatoms. The molecule has 2 amide bonds. The molecule has 2 atom stereocenters. The van der Waals surface area contributed by atoms with Crippen LogP contribution < -0.4 is 10.6 Å². The second kappa shape index (κ2) is 19.4. The van der Waals surface area contributed by atoms with Gasteiger partial charge in [-0.1, -0.05) is 60.7 Å². The van der Waals surface area contributed by atoms with Gasteiger partial charge in [0, 0.05) is 74.4 Å². The standard InChI is InChI=1S/C36H56N4O4S2/c1-35(2,3)43-33(41)37-17-21-45-23-19-39-27-32(26-30-15-11-8-12-16-30)40(28-31(39)25-29-13-9-7-10-14-29)20-24-46-22-18-38-34(42)44-36(4,5)6/h7-16,31-32H,17-28H2,1-6H3,(H,37,41)(H,38,42). The molecule has 2 aromatic carbocycles. The topological polar surface area (TPSA) is 83.1 Å². The maximum Gasteiger partial charge on any atom is 0.407 e. The summed E-state index contributed by atoms with van der Waals surface area (Å²) in [5.41, 5.74) is 1.77. The number of alkyl carbamates (subject to hydrolysis) is 2. The summed E-state index contributed by atoms with van der Waals surface area (Å²) in [7, 11) is 0. The molecule has 0 spiro atoms. The third kappa shape index (κ3) is 15.9. The highest BCUT2D eigenvalue weighted by Crippen LogP contribution is 2.23. The molecule has 2 unspecified atom stereocenters. The fraction of sp³-hybridized carbons (Fsp3) is 0.611. The molecule has 3 rings (SSSR count). The molecular weight excluding hydrogens is 617 g/mol. The van der Waals surface area contributed by atoms with Gasteiger partial charge >= 0.3 is 12.2 Å². The van der Waals surface area contributed by atoms with Crippen molar-refractivity contribution in [2.75, 3.05) is 62.3 Å². The van der Waals surface area contributed by atoms with Crippen molar-refractivity contribution in [1.82, 2.24) is 20.4 Å². The van der Waals surface area contributed by atoms with Crippen LogP contribution in [0.3, 0.4) is 0 Å². The number of hydrogen-bond acceptors (Lipinski definition) is 8. The van der Waals surface area contributed by atoms with Gasteiger partial charge in [-0.25, -0.2) is 9.59 Å². The van der Waals surface area contributed by atoms with Gasteiger partial charge in [-0.05, 0) is 65.5 Å². The van der Waals surface area contributed by atoms with Crippen molar-refractivity contribution in [3.05, 3.63) is 71.8 Å². The Balaban J connectivity index is 1.57. The lowest BCUT2D eigenvalue weighted by Gasteiger charge is -2.47. The Hall–Kier alpha value is -2.40. The van der Waals surface area contributed by atoms with E-state index in [0.29, 0.717) is 25.2 Å². The predicted molar refractivity (Wildman–Crippen MR) is 194 cm³/mol. The van der Waals surface area contributed by atoms with Gasteiger partial charge in [0.25, 0.3) is 0 Å². The van der Waals surface area contributed by atoms with Crippen molar-refractivity contribution in [3.63, 3.8) is 0 Å². The van der Waals surface area contributed by atoms with Gasteiger partial charge in [0.2, 0.25) is 0 Å². The number of carbonyl (C=O) groups excluding carboxylic acids is 2. The first kappa shape index (κ1) is 38.1. The van der Waals surface area contributed by atoms with Crippen molar-refractivity contribution < 1.29 is 19.1 Å². The fourth-order valence-electron chi connectivity index (χ4n) is 5.42. The Morgan fingerprint density at radius 3 is 1.37 bits per heavy atom. The summed E-state index contributed by atoms with van der Waals surface area (Å²) in [6.45, 7) is 16.5. The van der Waals surface area contributed by atoms with Crippen LogP contribution in [-0.4, -0.2) is 108 Å². The third-order valence-corrected chi connectivity index (χ3v) is 9.35. The van der Waals surface area contributed by atoms with Crippen molar-refractivity contribution >= 4 is 35.7 Å². The maximum absolute atomic E-state index is 12.0. The van der Waals surface area contributed by atoms with Crippen LogP contribution in [0.5, 0.6) is 0 Å². The number of nitrogens with zero attached hydrogens (tertiary/aromatic N) is 2. The molecule has 0 bridgehead atoms. The number of thioether (sulfide) groups is 2. The first-order valence-corrected chi connectivity index (χ1v) is 18.8. The highest BCUT2D eigenvalue weighted by Gasteiger charge is 2.33. The smallest absolute Gasteiger partial charge is 0.407 e. The molecule has 2 aromatic rings. The lowest BCUT2D eigenvalue weighted by molar-refractivity contribution is 0.0361. The fourth-order valence-corrected chi connectivity index (χ4v) is 7.05. The molecule has 1 aliphatic heterocycles. The summed E-state index contributed by atoms with van der Waals surface area (Å²) in [5, 5.41) is 5.75. The van der Waals surface area contributed by atoms with Gasteiger partial charge in [0.05, 0.1) is 0 Å². The first-order valence-electron chi connectivity index (χ1n) is 16.5. The van der Waals surface area contributed by atoms with E-state index in [-0.39, 0.29) is 12.2 Å². The summed E-state index contributed by atoms with van der Waals surface area (Å²) >= 11 is 3.76. The molecule has 0 radical (unpaired) electrons. The van der Waals surface area contributed by atoms with E-state index in [1.165, 1.54) is 11.1 Å². The van der Waals surface area contributed by atoms with Crippen LogP contribution in [0.15, 0.2) is 60.7 Å². The van der Waals surface area contributed by atoms with Crippen LogP contribution >= 0.6 is 23.5 Å². The molecule has 1 saturated heterocycles. The molecule has 1 fully saturated rings. The highest BCUT2D eigenvalue weighted by molar-refractivity contribution is 7.99. The van der Waals surface area contributed by atoms with E-state index in [9.17, 15) is 9.59 Å². The Kier molecular flexibility index (Phi) is 16.1. The average molecular weight is 673 g/mol. The summed E-state index contributed by atoms with van der Waals surface area (Å²) in [5.74, 6) is 3.74. The number of rotatable bonds is 16. The van der Waals surface area contributed by atoms with Crippen LogP contribution in [0.1, 0.15) is 52.7 Å². The lowest BCUT2D eigenvalue weighted by atomic mass is 9.96. The molecule has 2 N–H and O–H groups in total. The van der Waals surface area contributed by atoms with Crippen molar-refractivity contribution in [1.29, 1.82) is 0 Å². The van der Waals surface area contributed by atoms with Gasteiger partial charge in [0.1, 0.15) is 11.2 Å². The van der Waals surface area contributed by atoms with E-state index in [1.807, 2.05) is 65.1 Å². The number of nitrogens with one attached hydrogen (secondary N) is 2. The Morgan fingerprint density at radius 1 is 0.652 bits per heavy atom. The lowest BCUT2D eigenvalue weighted by Crippen LogP contribution is -2.60. The Bertz CT molecular complexity index is 1070.